The van der Waals surface area contributed by atoms with E-state index in [1.54, 1.807) is 0 Å². The zero-order valence-corrected chi connectivity index (χ0v) is 41.8. The summed E-state index contributed by atoms with van der Waals surface area (Å²) in [6, 6.07) is 72.7. The zero-order chi connectivity index (χ0) is 49.7. The lowest BCUT2D eigenvalue weighted by Gasteiger charge is -2.18. The van der Waals surface area contributed by atoms with Gasteiger partial charge in [-0.05, 0) is 116 Å². The molecule has 9 aromatic carbocycles. The van der Waals surface area contributed by atoms with Gasteiger partial charge in [-0.3, -0.25) is 0 Å². The molecule has 6 heteroatoms. The van der Waals surface area contributed by atoms with Gasteiger partial charge in [0.1, 0.15) is 0 Å². The molecule has 0 radical (unpaired) electrons. The summed E-state index contributed by atoms with van der Waals surface area (Å²) in [7, 11) is 0. The first-order chi connectivity index (χ1) is 35.6. The molecule has 3 heterocycles. The molecule has 350 valence electrons. The monoisotopic (exact) mass is 940 g/mol. The van der Waals surface area contributed by atoms with Gasteiger partial charge in [-0.1, -0.05) is 187 Å². The van der Waals surface area contributed by atoms with Crippen molar-refractivity contribution < 1.29 is 0 Å². The van der Waals surface area contributed by atoms with E-state index in [1.165, 1.54) is 44.5 Å². The maximum absolute atomic E-state index is 5.42. The maximum Gasteiger partial charge on any atom is 0.166 e. The average Bonchev–Trinajstić information content (AvgIpc) is 3.74. The van der Waals surface area contributed by atoms with Crippen LogP contribution in [0.15, 0.2) is 206 Å². The Bertz CT molecular complexity index is 3790. The Hall–Kier alpha value is -9.13. The summed E-state index contributed by atoms with van der Waals surface area (Å²) in [6.45, 7) is 13.2. The first-order valence-electron chi connectivity index (χ1n) is 24.9. The van der Waals surface area contributed by atoms with Crippen molar-refractivity contribution in [2.75, 3.05) is 0 Å². The minimum Gasteiger partial charge on any atom is -0.308 e. The third-order valence-electron chi connectivity index (χ3n) is 14.0. The van der Waals surface area contributed by atoms with Gasteiger partial charge >= 0.3 is 0 Å². The second-order valence-corrected chi connectivity index (χ2v) is 19.3. The minimum absolute atomic E-state index is 0.544. The molecule has 0 aliphatic carbocycles. The Labute approximate surface area is 426 Å². The number of aromatic nitrogens is 6. The van der Waals surface area contributed by atoms with Crippen molar-refractivity contribution in [1.82, 2.24) is 29.5 Å². The Balaban J connectivity index is 1.19. The predicted octanol–water partition coefficient (Wildman–Crippen LogP) is 16.9. The number of fused-ring (bicyclic) bond motifs is 3. The number of aryl methyl sites for hydroxylation is 6. The van der Waals surface area contributed by atoms with Crippen molar-refractivity contribution in [2.24, 2.45) is 0 Å². The number of benzene rings is 9. The fourth-order valence-corrected chi connectivity index (χ4v) is 10.9. The second kappa shape index (κ2) is 18.6. The standard InChI is InChI=1S/C67H52N6/c1-41-33-43(3)62(44(4)34-41)52-27-30-54-55-31-28-53(63-45(5)35-42(2)36-46(63)6)39-61(55)73(60(54)38-52)59-32-29-51(58-40-57(47-19-11-7-12-20-47)68-64(69-58)48-21-13-8-14-22-48)37-56(59)67-71-65(49-23-15-9-16-24-49)70-66(72-67)50-25-17-10-18-26-50/h7-40H,1-6H3. The lowest BCUT2D eigenvalue weighted by Crippen LogP contribution is -2.04. The van der Waals surface area contributed by atoms with Gasteiger partial charge in [0.2, 0.25) is 0 Å². The Kier molecular flexibility index (Phi) is 11.5. The quantitative estimate of drug-likeness (QED) is 0.144. The number of hydrogen-bond acceptors (Lipinski definition) is 5. The third-order valence-corrected chi connectivity index (χ3v) is 14.0. The SMILES string of the molecule is Cc1cc(C)c(-c2ccc3c4ccc(-c5c(C)cc(C)cc5C)cc4n(-c4ccc(-c5cc(-c6ccccc6)nc(-c6ccccc6)n5)cc4-c4nc(-c5ccccc5)nc(-c5ccccc5)n4)c3c2)c(C)c1. The molecule has 0 atom stereocenters. The molecule has 0 spiro atoms. The first-order valence-corrected chi connectivity index (χ1v) is 24.9. The van der Waals surface area contributed by atoms with Gasteiger partial charge in [-0.25, -0.2) is 24.9 Å². The van der Waals surface area contributed by atoms with Crippen molar-refractivity contribution in [2.45, 2.75) is 41.5 Å². The van der Waals surface area contributed by atoms with Crippen molar-refractivity contribution in [3.63, 3.8) is 0 Å². The van der Waals surface area contributed by atoms with Gasteiger partial charge in [0.25, 0.3) is 0 Å². The van der Waals surface area contributed by atoms with Gasteiger partial charge in [-0.15, -0.1) is 0 Å². The van der Waals surface area contributed by atoms with E-state index in [0.29, 0.717) is 23.3 Å². The topological polar surface area (TPSA) is 69.4 Å². The summed E-state index contributed by atoms with van der Waals surface area (Å²) in [5.74, 6) is 2.36. The van der Waals surface area contributed by atoms with Crippen molar-refractivity contribution in [3.8, 4) is 96.0 Å². The van der Waals surface area contributed by atoms with Gasteiger partial charge in [0.05, 0.1) is 28.1 Å². The molecule has 3 aromatic heterocycles. The molecule has 0 aliphatic rings. The van der Waals surface area contributed by atoms with Crippen LogP contribution in [0.2, 0.25) is 0 Å². The van der Waals surface area contributed by atoms with Crippen LogP contribution in [0.5, 0.6) is 0 Å². The van der Waals surface area contributed by atoms with E-state index in [1.807, 2.05) is 72.8 Å². The molecule has 0 aliphatic heterocycles. The highest BCUT2D eigenvalue weighted by molar-refractivity contribution is 6.12. The summed E-state index contributed by atoms with van der Waals surface area (Å²) in [5.41, 5.74) is 22.5. The highest BCUT2D eigenvalue weighted by atomic mass is 15.1. The molecule has 0 fully saturated rings. The van der Waals surface area contributed by atoms with Crippen molar-refractivity contribution >= 4 is 21.8 Å². The largest absolute Gasteiger partial charge is 0.308 e. The molecule has 0 saturated carbocycles. The molecule has 0 bridgehead atoms. The van der Waals surface area contributed by atoms with Crippen LogP contribution in [0.1, 0.15) is 33.4 Å². The lowest BCUT2D eigenvalue weighted by atomic mass is 9.92. The highest BCUT2D eigenvalue weighted by Gasteiger charge is 2.23. The van der Waals surface area contributed by atoms with E-state index in [-0.39, 0.29) is 0 Å². The summed E-state index contributed by atoms with van der Waals surface area (Å²) in [6.07, 6.45) is 0. The van der Waals surface area contributed by atoms with Crippen LogP contribution in [0, 0.1) is 41.5 Å². The van der Waals surface area contributed by atoms with Crippen LogP contribution in [-0.2, 0) is 0 Å². The van der Waals surface area contributed by atoms with Gasteiger partial charge in [0, 0.05) is 44.2 Å². The fourth-order valence-electron chi connectivity index (χ4n) is 10.9. The van der Waals surface area contributed by atoms with Crippen LogP contribution < -0.4 is 0 Å². The molecule has 6 nitrogen and oxygen atoms in total. The summed E-state index contributed by atoms with van der Waals surface area (Å²) in [5, 5.41) is 2.31. The molecular formula is C67H52N6. The molecule has 0 N–H and O–H groups in total. The highest BCUT2D eigenvalue weighted by Crippen LogP contribution is 2.43. The average molecular weight is 941 g/mol. The number of rotatable bonds is 9. The van der Waals surface area contributed by atoms with Crippen LogP contribution in [0.25, 0.3) is 118 Å². The molecule has 12 rings (SSSR count). The van der Waals surface area contributed by atoms with Crippen LogP contribution in [0.4, 0.5) is 0 Å². The van der Waals surface area contributed by atoms with E-state index in [0.717, 1.165) is 83.4 Å². The van der Waals surface area contributed by atoms with Gasteiger partial charge < -0.3 is 4.57 Å². The van der Waals surface area contributed by atoms with Crippen LogP contribution in [0.3, 0.4) is 0 Å². The van der Waals surface area contributed by atoms with Gasteiger partial charge in [-0.2, -0.15) is 0 Å². The van der Waals surface area contributed by atoms with E-state index >= 15 is 0 Å². The molecule has 0 unspecified atom stereocenters. The smallest absolute Gasteiger partial charge is 0.166 e. The summed E-state index contributed by atoms with van der Waals surface area (Å²) >= 11 is 0. The predicted molar refractivity (Wildman–Crippen MR) is 302 cm³/mol. The van der Waals surface area contributed by atoms with Crippen molar-refractivity contribution in [1.29, 1.82) is 0 Å². The van der Waals surface area contributed by atoms with Crippen LogP contribution in [-0.4, -0.2) is 29.5 Å². The molecule has 0 saturated heterocycles. The fraction of sp³-hybridized carbons (Fsp3) is 0.0896. The number of nitrogens with zero attached hydrogens (tertiary/aromatic N) is 6. The number of hydrogen-bond donors (Lipinski definition) is 0. The molecular weight excluding hydrogens is 889 g/mol. The molecule has 73 heavy (non-hydrogen) atoms. The lowest BCUT2D eigenvalue weighted by molar-refractivity contribution is 1.06. The third kappa shape index (κ3) is 8.47. The second-order valence-electron chi connectivity index (χ2n) is 19.3. The summed E-state index contributed by atoms with van der Waals surface area (Å²) in [4.78, 5) is 26.5. The molecule has 12 aromatic rings. The summed E-state index contributed by atoms with van der Waals surface area (Å²) < 4.78 is 2.44. The van der Waals surface area contributed by atoms with E-state index in [9.17, 15) is 0 Å². The van der Waals surface area contributed by atoms with E-state index in [2.05, 4.69) is 180 Å². The van der Waals surface area contributed by atoms with Crippen LogP contribution >= 0.6 is 0 Å². The Morgan fingerprint density at radius 3 is 1.10 bits per heavy atom. The van der Waals surface area contributed by atoms with Crippen molar-refractivity contribution in [3.05, 3.63) is 240 Å². The Morgan fingerprint density at radius 1 is 0.288 bits per heavy atom. The normalized spacial score (nSPS) is 11.4. The van der Waals surface area contributed by atoms with Gasteiger partial charge in [0.15, 0.2) is 23.3 Å². The minimum atomic E-state index is 0.544. The van der Waals surface area contributed by atoms with E-state index < -0.39 is 0 Å². The van der Waals surface area contributed by atoms with E-state index in [4.69, 9.17) is 24.9 Å². The zero-order valence-electron chi connectivity index (χ0n) is 41.8. The Morgan fingerprint density at radius 2 is 0.658 bits per heavy atom. The first kappa shape index (κ1) is 45.0. The maximum atomic E-state index is 5.42. The molecule has 0 amide bonds.